The Bertz CT molecular complexity index is 1080. The quantitative estimate of drug-likeness (QED) is 0.474. The molecule has 6 heteroatoms. The third-order valence-corrected chi connectivity index (χ3v) is 6.54. The van der Waals surface area contributed by atoms with Gasteiger partial charge >= 0.3 is 0 Å². The van der Waals surface area contributed by atoms with Crippen LogP contribution in [-0.4, -0.2) is 11.8 Å². The number of thiophene rings is 1. The van der Waals surface area contributed by atoms with Gasteiger partial charge in [-0.1, -0.05) is 35.5 Å². The fourth-order valence-corrected chi connectivity index (χ4v) is 5.12. The van der Waals surface area contributed by atoms with Gasteiger partial charge in [-0.05, 0) is 72.8 Å². The van der Waals surface area contributed by atoms with E-state index in [0.717, 1.165) is 20.9 Å². The number of aryl methyl sites for hydroxylation is 2. The van der Waals surface area contributed by atoms with Crippen molar-refractivity contribution in [1.82, 2.24) is 0 Å². The maximum Gasteiger partial charge on any atom is 0.272 e. The number of halogens is 1. The highest BCUT2D eigenvalue weighted by atomic mass is 35.5. The number of anilines is 1. The van der Waals surface area contributed by atoms with Crippen LogP contribution in [0.2, 0.25) is 5.02 Å². The van der Waals surface area contributed by atoms with Gasteiger partial charge in [0.25, 0.3) is 11.8 Å². The zero-order chi connectivity index (χ0) is 19.8. The van der Waals surface area contributed by atoms with Crippen LogP contribution in [-0.2, 0) is 9.59 Å². The molecule has 0 unspecified atom stereocenters. The van der Waals surface area contributed by atoms with E-state index in [9.17, 15) is 9.59 Å². The molecule has 4 rings (SSSR count). The van der Waals surface area contributed by atoms with Crippen molar-refractivity contribution >= 4 is 57.8 Å². The lowest BCUT2D eigenvalue weighted by Crippen LogP contribution is -2.31. The zero-order valence-electron chi connectivity index (χ0n) is 15.2. The minimum atomic E-state index is -0.293. The van der Waals surface area contributed by atoms with E-state index in [1.165, 1.54) is 28.0 Å². The third-order valence-electron chi connectivity index (χ3n) is 4.31. The number of benzene rings is 2. The molecule has 140 valence electrons. The molecule has 28 heavy (non-hydrogen) atoms. The van der Waals surface area contributed by atoms with E-state index in [1.807, 2.05) is 61.7 Å². The minimum absolute atomic E-state index is 0.283. The Hall–Kier alpha value is -2.34. The average Bonchev–Trinajstić information content (AvgIpc) is 3.23. The van der Waals surface area contributed by atoms with E-state index >= 15 is 0 Å². The summed E-state index contributed by atoms with van der Waals surface area (Å²) in [7, 11) is 0. The first-order chi connectivity index (χ1) is 13.4. The molecule has 2 heterocycles. The SMILES string of the molecule is Cc1cc(C)cc(N2C(=O)C(Sc3ccc(Cl)cc3)=C(c3cccs3)C2=O)c1. The van der Waals surface area contributed by atoms with Gasteiger partial charge in [0.05, 0.1) is 16.2 Å². The second kappa shape index (κ2) is 7.59. The van der Waals surface area contributed by atoms with Crippen molar-refractivity contribution in [3.05, 3.63) is 85.9 Å². The lowest BCUT2D eigenvalue weighted by molar-refractivity contribution is -0.119. The summed E-state index contributed by atoms with van der Waals surface area (Å²) in [5, 5.41) is 2.53. The number of hydrogen-bond donors (Lipinski definition) is 0. The third kappa shape index (κ3) is 3.53. The second-order valence-corrected chi connectivity index (χ2v) is 9.00. The normalized spacial score (nSPS) is 14.3. The summed E-state index contributed by atoms with van der Waals surface area (Å²) in [6.45, 7) is 3.91. The molecule has 3 aromatic rings. The van der Waals surface area contributed by atoms with Gasteiger partial charge in [-0.25, -0.2) is 4.90 Å². The Labute approximate surface area is 176 Å². The van der Waals surface area contributed by atoms with E-state index in [0.29, 0.717) is 21.2 Å². The first-order valence-electron chi connectivity index (χ1n) is 8.62. The molecule has 1 aromatic heterocycles. The largest absolute Gasteiger partial charge is 0.272 e. The van der Waals surface area contributed by atoms with E-state index in [1.54, 1.807) is 12.1 Å². The van der Waals surface area contributed by atoms with Crippen LogP contribution in [0.3, 0.4) is 0 Å². The van der Waals surface area contributed by atoms with Crippen molar-refractivity contribution in [3.63, 3.8) is 0 Å². The van der Waals surface area contributed by atoms with Crippen molar-refractivity contribution < 1.29 is 9.59 Å². The Kier molecular flexibility index (Phi) is 5.15. The first kappa shape index (κ1) is 19.0. The molecule has 0 fully saturated rings. The topological polar surface area (TPSA) is 37.4 Å². The van der Waals surface area contributed by atoms with Crippen LogP contribution < -0.4 is 4.90 Å². The minimum Gasteiger partial charge on any atom is -0.268 e. The van der Waals surface area contributed by atoms with Gasteiger partial charge in [-0.15, -0.1) is 11.3 Å². The highest BCUT2D eigenvalue weighted by Gasteiger charge is 2.41. The summed E-state index contributed by atoms with van der Waals surface area (Å²) in [4.78, 5) is 30.0. The second-order valence-electron chi connectivity index (χ2n) is 6.53. The summed E-state index contributed by atoms with van der Waals surface area (Å²) in [5.74, 6) is -0.577. The van der Waals surface area contributed by atoms with Crippen molar-refractivity contribution in [3.8, 4) is 0 Å². The fraction of sp³-hybridized carbons (Fsp3) is 0.0909. The molecule has 3 nitrogen and oxygen atoms in total. The monoisotopic (exact) mass is 425 g/mol. The number of carbonyl (C=O) groups is 2. The molecule has 2 amide bonds. The van der Waals surface area contributed by atoms with E-state index < -0.39 is 0 Å². The fourth-order valence-electron chi connectivity index (χ4n) is 3.18. The summed E-state index contributed by atoms with van der Waals surface area (Å²) in [5.41, 5.74) is 3.08. The molecule has 0 atom stereocenters. The number of rotatable bonds is 4. The lowest BCUT2D eigenvalue weighted by Gasteiger charge is -2.16. The van der Waals surface area contributed by atoms with Crippen molar-refractivity contribution in [2.75, 3.05) is 4.90 Å². The number of imide groups is 1. The number of hydrogen-bond acceptors (Lipinski definition) is 4. The molecular weight excluding hydrogens is 410 g/mol. The van der Waals surface area contributed by atoms with Gasteiger partial charge in [0.2, 0.25) is 0 Å². The molecule has 0 saturated heterocycles. The number of amides is 2. The Morgan fingerprint density at radius 2 is 1.61 bits per heavy atom. The van der Waals surface area contributed by atoms with E-state index in [4.69, 9.17) is 11.6 Å². The predicted octanol–water partition coefficient (Wildman–Crippen LogP) is 6.10. The first-order valence-corrected chi connectivity index (χ1v) is 10.7. The van der Waals surface area contributed by atoms with Crippen LogP contribution in [0.15, 0.2) is 69.8 Å². The maximum atomic E-state index is 13.3. The standard InChI is InChI=1S/C22H16ClNO2S2/c1-13-10-14(2)12-16(11-13)24-21(25)19(18-4-3-9-27-18)20(22(24)26)28-17-7-5-15(23)6-8-17/h3-12H,1-2H3. The Morgan fingerprint density at radius 1 is 0.929 bits per heavy atom. The number of thioether (sulfide) groups is 1. The highest BCUT2D eigenvalue weighted by Crippen LogP contribution is 2.42. The molecular formula is C22H16ClNO2S2. The lowest BCUT2D eigenvalue weighted by atomic mass is 10.1. The van der Waals surface area contributed by atoms with Crippen molar-refractivity contribution in [2.24, 2.45) is 0 Å². The van der Waals surface area contributed by atoms with Crippen LogP contribution in [0.5, 0.6) is 0 Å². The highest BCUT2D eigenvalue weighted by molar-refractivity contribution is 8.04. The van der Waals surface area contributed by atoms with Crippen LogP contribution in [0.4, 0.5) is 5.69 Å². The van der Waals surface area contributed by atoms with E-state index in [2.05, 4.69) is 0 Å². The molecule has 2 aromatic carbocycles. The molecule has 0 spiro atoms. The van der Waals surface area contributed by atoms with Gasteiger partial charge in [0.15, 0.2) is 0 Å². The average molecular weight is 426 g/mol. The molecule has 1 aliphatic rings. The molecule has 0 saturated carbocycles. The molecule has 0 N–H and O–H groups in total. The van der Waals surface area contributed by atoms with Gasteiger partial charge in [0, 0.05) is 14.8 Å². The number of carbonyl (C=O) groups excluding carboxylic acids is 2. The summed E-state index contributed by atoms with van der Waals surface area (Å²) in [6, 6.07) is 16.8. The summed E-state index contributed by atoms with van der Waals surface area (Å²) >= 11 is 8.73. The van der Waals surface area contributed by atoms with Crippen LogP contribution in [0.25, 0.3) is 5.57 Å². The molecule has 0 radical (unpaired) electrons. The summed E-state index contributed by atoms with van der Waals surface area (Å²) < 4.78 is 0. The smallest absolute Gasteiger partial charge is 0.268 e. The van der Waals surface area contributed by atoms with Crippen molar-refractivity contribution in [2.45, 2.75) is 18.7 Å². The molecule has 0 bridgehead atoms. The van der Waals surface area contributed by atoms with Gasteiger partial charge in [0.1, 0.15) is 0 Å². The van der Waals surface area contributed by atoms with Crippen LogP contribution in [0, 0.1) is 13.8 Å². The zero-order valence-corrected chi connectivity index (χ0v) is 17.6. The molecule has 1 aliphatic heterocycles. The predicted molar refractivity (Wildman–Crippen MR) is 117 cm³/mol. The van der Waals surface area contributed by atoms with Gasteiger partial charge in [-0.2, -0.15) is 0 Å². The molecule has 0 aliphatic carbocycles. The Balaban J connectivity index is 1.80. The van der Waals surface area contributed by atoms with Crippen LogP contribution >= 0.6 is 34.7 Å². The number of nitrogens with zero attached hydrogens (tertiary/aromatic N) is 1. The van der Waals surface area contributed by atoms with Gasteiger partial charge in [-0.3, -0.25) is 9.59 Å². The van der Waals surface area contributed by atoms with E-state index in [-0.39, 0.29) is 11.8 Å². The van der Waals surface area contributed by atoms with Crippen molar-refractivity contribution in [1.29, 1.82) is 0 Å². The van der Waals surface area contributed by atoms with Crippen LogP contribution in [0.1, 0.15) is 16.0 Å². The summed E-state index contributed by atoms with van der Waals surface area (Å²) in [6.07, 6.45) is 0. The maximum absolute atomic E-state index is 13.3. The van der Waals surface area contributed by atoms with Gasteiger partial charge < -0.3 is 0 Å². The Morgan fingerprint density at radius 3 is 2.21 bits per heavy atom.